The molecule has 1 N–H and O–H groups in total. The number of nitrogens with one attached hydrogen (secondary N) is 1. The van der Waals surface area contributed by atoms with Crippen LogP contribution in [0.4, 0.5) is 5.95 Å². The van der Waals surface area contributed by atoms with Gasteiger partial charge in [-0.3, -0.25) is 18.5 Å². The van der Waals surface area contributed by atoms with E-state index in [1.54, 1.807) is 29.8 Å². The van der Waals surface area contributed by atoms with Gasteiger partial charge in [-0.15, -0.1) is 0 Å². The third-order valence-corrected chi connectivity index (χ3v) is 5.42. The lowest BCUT2D eigenvalue weighted by molar-refractivity contribution is 0.702. The lowest BCUT2D eigenvalue weighted by Gasteiger charge is -2.09. The Kier molecular flexibility index (Phi) is 5.67. The van der Waals surface area contributed by atoms with Gasteiger partial charge in [-0.2, -0.15) is 10.1 Å². The van der Waals surface area contributed by atoms with Crippen molar-refractivity contribution in [1.29, 1.82) is 0 Å². The first-order chi connectivity index (χ1) is 14.9. The number of anilines is 1. The first-order valence-electron chi connectivity index (χ1n) is 9.31. The summed E-state index contributed by atoms with van der Waals surface area (Å²) >= 11 is 12.1. The van der Waals surface area contributed by atoms with E-state index in [-0.39, 0.29) is 5.65 Å². The van der Waals surface area contributed by atoms with E-state index < -0.39 is 11.2 Å². The molecule has 10 heteroatoms. The van der Waals surface area contributed by atoms with Crippen LogP contribution in [0, 0.1) is 0 Å². The SMILES string of the molecule is Cn1c(=O)c2c(nc(N/N=C\c3ccc(Cl)cc3Cl)n2Cc2ccccc2)n(C)c1=O. The van der Waals surface area contributed by atoms with E-state index in [1.807, 2.05) is 30.3 Å². The number of aryl methyl sites for hydroxylation is 1. The molecule has 0 radical (unpaired) electrons. The van der Waals surface area contributed by atoms with Crippen LogP contribution in [0.2, 0.25) is 10.0 Å². The van der Waals surface area contributed by atoms with E-state index in [4.69, 9.17) is 23.2 Å². The fourth-order valence-corrected chi connectivity index (χ4v) is 3.67. The minimum atomic E-state index is -0.454. The molecule has 4 aromatic rings. The summed E-state index contributed by atoms with van der Waals surface area (Å²) in [5.74, 6) is 0.318. The molecule has 2 aromatic carbocycles. The van der Waals surface area contributed by atoms with Crippen molar-refractivity contribution in [1.82, 2.24) is 18.7 Å². The summed E-state index contributed by atoms with van der Waals surface area (Å²) in [6, 6.07) is 14.7. The number of aromatic nitrogens is 4. The zero-order valence-corrected chi connectivity index (χ0v) is 18.2. The number of hydrogen-bond donors (Lipinski definition) is 1. The minimum absolute atomic E-state index is 0.270. The Balaban J connectivity index is 1.81. The smallest absolute Gasteiger partial charge is 0.298 e. The molecule has 0 atom stereocenters. The highest BCUT2D eigenvalue weighted by Crippen LogP contribution is 2.20. The van der Waals surface area contributed by atoms with Crippen molar-refractivity contribution in [2.24, 2.45) is 19.2 Å². The van der Waals surface area contributed by atoms with Crippen LogP contribution in [-0.4, -0.2) is 24.9 Å². The van der Waals surface area contributed by atoms with Gasteiger partial charge in [-0.1, -0.05) is 59.6 Å². The lowest BCUT2D eigenvalue weighted by atomic mass is 10.2. The van der Waals surface area contributed by atoms with Gasteiger partial charge in [0.25, 0.3) is 5.56 Å². The van der Waals surface area contributed by atoms with Crippen molar-refractivity contribution in [3.8, 4) is 0 Å². The zero-order valence-electron chi connectivity index (χ0n) is 16.7. The van der Waals surface area contributed by atoms with Gasteiger partial charge in [-0.05, 0) is 17.7 Å². The number of fused-ring (bicyclic) bond motifs is 1. The molecule has 0 spiro atoms. The molecule has 0 amide bonds. The van der Waals surface area contributed by atoms with Crippen LogP contribution in [-0.2, 0) is 20.6 Å². The van der Waals surface area contributed by atoms with Crippen LogP contribution in [0.1, 0.15) is 11.1 Å². The Morgan fingerprint density at radius 1 is 1.06 bits per heavy atom. The van der Waals surface area contributed by atoms with Gasteiger partial charge in [0.1, 0.15) is 0 Å². The van der Waals surface area contributed by atoms with Crippen molar-refractivity contribution >= 4 is 46.5 Å². The highest BCUT2D eigenvalue weighted by atomic mass is 35.5. The number of nitrogens with zero attached hydrogens (tertiary/aromatic N) is 5. The number of imidazole rings is 1. The summed E-state index contributed by atoms with van der Waals surface area (Å²) in [7, 11) is 3.02. The topological polar surface area (TPSA) is 86.2 Å². The molecular weight excluding hydrogens is 439 g/mol. The summed E-state index contributed by atoms with van der Waals surface area (Å²) < 4.78 is 4.10. The third kappa shape index (κ3) is 3.99. The second-order valence-electron chi connectivity index (χ2n) is 6.92. The van der Waals surface area contributed by atoms with Crippen LogP contribution in [0.3, 0.4) is 0 Å². The fraction of sp³-hybridized carbons (Fsp3) is 0.143. The van der Waals surface area contributed by atoms with E-state index in [0.717, 1.165) is 10.1 Å². The van der Waals surface area contributed by atoms with E-state index in [0.29, 0.717) is 33.6 Å². The molecule has 0 unspecified atom stereocenters. The Hall–Kier alpha value is -3.36. The molecule has 2 heterocycles. The van der Waals surface area contributed by atoms with Crippen LogP contribution >= 0.6 is 23.2 Å². The van der Waals surface area contributed by atoms with E-state index in [2.05, 4.69) is 15.5 Å². The van der Waals surface area contributed by atoms with Crippen molar-refractivity contribution in [3.63, 3.8) is 0 Å². The minimum Gasteiger partial charge on any atom is -0.298 e. The van der Waals surface area contributed by atoms with Crippen molar-refractivity contribution in [2.75, 3.05) is 5.43 Å². The fourth-order valence-electron chi connectivity index (χ4n) is 3.22. The predicted octanol–water partition coefficient (Wildman–Crippen LogP) is 3.23. The molecule has 0 saturated carbocycles. The Morgan fingerprint density at radius 2 is 1.81 bits per heavy atom. The molecule has 0 fully saturated rings. The monoisotopic (exact) mass is 456 g/mol. The molecule has 0 aliphatic heterocycles. The quantitative estimate of drug-likeness (QED) is 0.368. The van der Waals surface area contributed by atoms with Gasteiger partial charge < -0.3 is 0 Å². The Bertz CT molecular complexity index is 1420. The van der Waals surface area contributed by atoms with Crippen molar-refractivity contribution in [3.05, 3.63) is 90.5 Å². The summed E-state index contributed by atoms with van der Waals surface area (Å²) in [5.41, 5.74) is 4.18. The molecule has 0 saturated heterocycles. The maximum Gasteiger partial charge on any atom is 0.332 e. The highest BCUT2D eigenvalue weighted by molar-refractivity contribution is 6.36. The van der Waals surface area contributed by atoms with Gasteiger partial charge in [0.15, 0.2) is 11.2 Å². The second-order valence-corrected chi connectivity index (χ2v) is 7.76. The molecular formula is C21H18Cl2N6O2. The maximum absolute atomic E-state index is 12.9. The van der Waals surface area contributed by atoms with Gasteiger partial charge in [0, 0.05) is 24.7 Å². The first-order valence-corrected chi connectivity index (χ1v) is 10.1. The molecule has 2 aromatic heterocycles. The zero-order chi connectivity index (χ0) is 22.1. The average molecular weight is 457 g/mol. The van der Waals surface area contributed by atoms with Crippen molar-refractivity contribution < 1.29 is 0 Å². The van der Waals surface area contributed by atoms with E-state index >= 15 is 0 Å². The molecule has 0 aliphatic carbocycles. The molecule has 8 nitrogen and oxygen atoms in total. The molecule has 0 bridgehead atoms. The standard InChI is InChI=1S/C21H18Cl2N6O2/c1-27-18-17(19(30)28(2)21(27)31)29(12-13-6-4-3-5-7-13)20(25-18)26-24-11-14-8-9-15(22)10-16(14)23/h3-11H,12H2,1-2H3,(H,25,26)/b24-11-. The Labute approximate surface area is 187 Å². The largest absolute Gasteiger partial charge is 0.332 e. The van der Waals surface area contributed by atoms with Crippen LogP contribution in [0.5, 0.6) is 0 Å². The number of hydrazone groups is 1. The third-order valence-electron chi connectivity index (χ3n) is 4.86. The second kappa shape index (κ2) is 8.41. The molecule has 31 heavy (non-hydrogen) atoms. The molecule has 4 rings (SSSR count). The normalized spacial score (nSPS) is 11.5. The number of hydrogen-bond acceptors (Lipinski definition) is 5. The van der Waals surface area contributed by atoms with Crippen LogP contribution < -0.4 is 16.7 Å². The number of rotatable bonds is 5. The van der Waals surface area contributed by atoms with Gasteiger partial charge in [0.05, 0.1) is 17.8 Å². The predicted molar refractivity (Wildman–Crippen MR) is 123 cm³/mol. The van der Waals surface area contributed by atoms with Crippen molar-refractivity contribution in [2.45, 2.75) is 6.54 Å². The molecule has 0 aliphatic rings. The Morgan fingerprint density at radius 3 is 2.52 bits per heavy atom. The average Bonchev–Trinajstić information content (AvgIpc) is 3.11. The highest BCUT2D eigenvalue weighted by Gasteiger charge is 2.19. The summed E-state index contributed by atoms with van der Waals surface area (Å²) in [6.45, 7) is 0.365. The van der Waals surface area contributed by atoms with E-state index in [1.165, 1.54) is 17.8 Å². The van der Waals surface area contributed by atoms with E-state index in [9.17, 15) is 9.59 Å². The maximum atomic E-state index is 12.9. The summed E-state index contributed by atoms with van der Waals surface area (Å²) in [6.07, 6.45) is 1.53. The summed E-state index contributed by atoms with van der Waals surface area (Å²) in [5, 5.41) is 5.20. The number of benzene rings is 2. The first kappa shape index (κ1) is 20.9. The lowest BCUT2D eigenvalue weighted by Crippen LogP contribution is -2.37. The van der Waals surface area contributed by atoms with Crippen LogP contribution in [0.25, 0.3) is 11.2 Å². The van der Waals surface area contributed by atoms with Gasteiger partial charge in [-0.25, -0.2) is 10.2 Å². The van der Waals surface area contributed by atoms with Crippen LogP contribution in [0.15, 0.2) is 63.2 Å². The summed E-state index contributed by atoms with van der Waals surface area (Å²) in [4.78, 5) is 29.7. The van der Waals surface area contributed by atoms with Gasteiger partial charge >= 0.3 is 5.69 Å². The number of halogens is 2. The molecule has 158 valence electrons. The van der Waals surface area contributed by atoms with Gasteiger partial charge in [0.2, 0.25) is 5.95 Å².